The minimum absolute atomic E-state index is 0.353. The van der Waals surface area contributed by atoms with Gasteiger partial charge in [-0.25, -0.2) is 9.18 Å². The van der Waals surface area contributed by atoms with E-state index in [1.165, 1.54) is 6.07 Å². The molecule has 0 unspecified atom stereocenters. The number of benzene rings is 1. The second-order valence-electron chi connectivity index (χ2n) is 4.59. The van der Waals surface area contributed by atoms with Gasteiger partial charge in [-0.3, -0.25) is 5.32 Å². The maximum Gasteiger partial charge on any atom is 0.412 e. The standard InChI is InChI=1S/C12H16FNO2/c1-8-5-6-9(7-10(8)13)14-11(15)16-12(2,3)4/h5-7H,1-4H3,(H,14,15). The van der Waals surface area contributed by atoms with Crippen LogP contribution in [-0.4, -0.2) is 11.7 Å². The summed E-state index contributed by atoms with van der Waals surface area (Å²) in [5, 5.41) is 2.47. The van der Waals surface area contributed by atoms with Crippen molar-refractivity contribution in [1.82, 2.24) is 0 Å². The molecule has 0 saturated heterocycles. The van der Waals surface area contributed by atoms with E-state index in [9.17, 15) is 9.18 Å². The van der Waals surface area contributed by atoms with Crippen molar-refractivity contribution in [3.05, 3.63) is 29.6 Å². The van der Waals surface area contributed by atoms with Crippen molar-refractivity contribution < 1.29 is 13.9 Å². The van der Waals surface area contributed by atoms with Gasteiger partial charge in [-0.15, -0.1) is 0 Å². The number of ether oxygens (including phenoxy) is 1. The largest absolute Gasteiger partial charge is 0.444 e. The zero-order valence-electron chi connectivity index (χ0n) is 9.93. The van der Waals surface area contributed by atoms with Gasteiger partial charge < -0.3 is 4.74 Å². The topological polar surface area (TPSA) is 38.3 Å². The Kier molecular flexibility index (Phi) is 3.52. The molecule has 0 heterocycles. The zero-order valence-corrected chi connectivity index (χ0v) is 9.93. The van der Waals surface area contributed by atoms with Crippen LogP contribution in [0.5, 0.6) is 0 Å². The summed E-state index contributed by atoms with van der Waals surface area (Å²) in [5.41, 5.74) is 0.361. The number of hydrogen-bond donors (Lipinski definition) is 1. The molecule has 0 aliphatic rings. The highest BCUT2D eigenvalue weighted by atomic mass is 19.1. The van der Waals surface area contributed by atoms with Gasteiger partial charge in [0.15, 0.2) is 0 Å². The number of carbonyl (C=O) groups is 1. The molecule has 1 aromatic rings. The fourth-order valence-corrected chi connectivity index (χ4v) is 1.09. The molecule has 1 aromatic carbocycles. The lowest BCUT2D eigenvalue weighted by Crippen LogP contribution is -2.27. The fraction of sp³-hybridized carbons (Fsp3) is 0.417. The summed E-state index contributed by atoms with van der Waals surface area (Å²) in [6, 6.07) is 4.49. The first-order chi connectivity index (χ1) is 7.28. The maximum absolute atomic E-state index is 13.2. The summed E-state index contributed by atoms with van der Waals surface area (Å²) in [7, 11) is 0. The first-order valence-electron chi connectivity index (χ1n) is 5.04. The van der Waals surface area contributed by atoms with Crippen LogP contribution in [0.15, 0.2) is 18.2 Å². The van der Waals surface area contributed by atoms with Crippen molar-refractivity contribution in [2.45, 2.75) is 33.3 Å². The van der Waals surface area contributed by atoms with E-state index in [-0.39, 0.29) is 5.82 Å². The van der Waals surface area contributed by atoms with Crippen LogP contribution in [0.1, 0.15) is 26.3 Å². The number of rotatable bonds is 1. The highest BCUT2D eigenvalue weighted by Crippen LogP contribution is 2.15. The van der Waals surface area contributed by atoms with Gasteiger partial charge in [0.05, 0.1) is 0 Å². The van der Waals surface area contributed by atoms with Crippen molar-refractivity contribution in [3.8, 4) is 0 Å². The molecule has 0 saturated carbocycles. The van der Waals surface area contributed by atoms with E-state index in [0.717, 1.165) is 0 Å². The molecule has 1 N–H and O–H groups in total. The van der Waals surface area contributed by atoms with E-state index < -0.39 is 11.7 Å². The lowest BCUT2D eigenvalue weighted by atomic mass is 10.2. The second kappa shape index (κ2) is 4.51. The van der Waals surface area contributed by atoms with Crippen LogP contribution in [-0.2, 0) is 4.74 Å². The molecule has 4 heteroatoms. The summed E-state index contributed by atoms with van der Waals surface area (Å²) < 4.78 is 18.2. The molecule has 1 rings (SSSR count). The Morgan fingerprint density at radius 2 is 2.00 bits per heavy atom. The molecule has 0 aromatic heterocycles. The number of amides is 1. The summed E-state index contributed by atoms with van der Waals surface area (Å²) in [6.45, 7) is 6.96. The van der Waals surface area contributed by atoms with Crippen molar-refractivity contribution in [2.75, 3.05) is 5.32 Å². The van der Waals surface area contributed by atoms with Crippen LogP contribution in [0.4, 0.5) is 14.9 Å². The lowest BCUT2D eigenvalue weighted by Gasteiger charge is -2.19. The molecule has 0 atom stereocenters. The normalized spacial score (nSPS) is 11.1. The monoisotopic (exact) mass is 225 g/mol. The average Bonchev–Trinajstić information content (AvgIpc) is 2.08. The van der Waals surface area contributed by atoms with E-state index in [2.05, 4.69) is 5.32 Å². The second-order valence-corrected chi connectivity index (χ2v) is 4.59. The van der Waals surface area contributed by atoms with Crippen LogP contribution >= 0.6 is 0 Å². The first-order valence-corrected chi connectivity index (χ1v) is 5.04. The molecule has 0 spiro atoms. The third-order valence-electron chi connectivity index (χ3n) is 1.82. The van der Waals surface area contributed by atoms with E-state index >= 15 is 0 Å². The van der Waals surface area contributed by atoms with Gasteiger partial charge in [-0.1, -0.05) is 6.07 Å². The smallest absolute Gasteiger partial charge is 0.412 e. The van der Waals surface area contributed by atoms with Crippen LogP contribution in [0, 0.1) is 12.7 Å². The fourth-order valence-electron chi connectivity index (χ4n) is 1.09. The number of aryl methyl sites for hydroxylation is 1. The molecule has 88 valence electrons. The molecule has 0 aliphatic heterocycles. The quantitative estimate of drug-likeness (QED) is 0.794. The molecule has 1 amide bonds. The highest BCUT2D eigenvalue weighted by molar-refractivity contribution is 5.84. The van der Waals surface area contributed by atoms with Crippen molar-refractivity contribution in [2.24, 2.45) is 0 Å². The summed E-state index contributed by atoms with van der Waals surface area (Å²) >= 11 is 0. The number of halogens is 1. The number of nitrogens with one attached hydrogen (secondary N) is 1. The van der Waals surface area contributed by atoms with Gasteiger partial charge in [-0.2, -0.15) is 0 Å². The number of carbonyl (C=O) groups excluding carboxylic acids is 1. The molecular weight excluding hydrogens is 209 g/mol. The average molecular weight is 225 g/mol. The van der Waals surface area contributed by atoms with Gasteiger partial charge in [0, 0.05) is 5.69 Å². The van der Waals surface area contributed by atoms with E-state index in [1.54, 1.807) is 39.8 Å². The van der Waals surface area contributed by atoms with Crippen molar-refractivity contribution >= 4 is 11.8 Å². The van der Waals surface area contributed by atoms with Gasteiger partial charge in [0.2, 0.25) is 0 Å². The Balaban J connectivity index is 2.67. The van der Waals surface area contributed by atoms with Gasteiger partial charge in [-0.05, 0) is 45.4 Å². The van der Waals surface area contributed by atoms with Crippen molar-refractivity contribution in [3.63, 3.8) is 0 Å². The third-order valence-corrected chi connectivity index (χ3v) is 1.82. The minimum atomic E-state index is -0.587. The minimum Gasteiger partial charge on any atom is -0.444 e. The lowest BCUT2D eigenvalue weighted by molar-refractivity contribution is 0.0636. The summed E-state index contributed by atoms with van der Waals surface area (Å²) in [5.74, 6) is -0.353. The molecule has 0 bridgehead atoms. The Bertz CT molecular complexity index is 396. The molecular formula is C12H16FNO2. The highest BCUT2D eigenvalue weighted by Gasteiger charge is 2.16. The van der Waals surface area contributed by atoms with Crippen LogP contribution in [0.3, 0.4) is 0 Å². The molecule has 16 heavy (non-hydrogen) atoms. The predicted molar refractivity (Wildman–Crippen MR) is 61.0 cm³/mol. The summed E-state index contributed by atoms with van der Waals surface area (Å²) in [4.78, 5) is 11.4. The van der Waals surface area contributed by atoms with Gasteiger partial charge in [0.1, 0.15) is 11.4 Å². The molecule has 0 radical (unpaired) electrons. The predicted octanol–water partition coefficient (Wildman–Crippen LogP) is 3.48. The van der Waals surface area contributed by atoms with E-state index in [1.807, 2.05) is 0 Å². The number of anilines is 1. The Morgan fingerprint density at radius 3 is 2.50 bits per heavy atom. The molecule has 3 nitrogen and oxygen atoms in total. The summed E-state index contributed by atoms with van der Waals surface area (Å²) in [6.07, 6.45) is -0.587. The van der Waals surface area contributed by atoms with Gasteiger partial charge >= 0.3 is 6.09 Å². The Labute approximate surface area is 94.6 Å². The number of hydrogen-bond acceptors (Lipinski definition) is 2. The third kappa shape index (κ3) is 3.88. The van der Waals surface area contributed by atoms with Crippen LogP contribution in [0.2, 0.25) is 0 Å². The van der Waals surface area contributed by atoms with Crippen LogP contribution in [0.25, 0.3) is 0 Å². The Hall–Kier alpha value is -1.58. The maximum atomic E-state index is 13.2. The Morgan fingerprint density at radius 1 is 1.38 bits per heavy atom. The van der Waals surface area contributed by atoms with E-state index in [4.69, 9.17) is 4.74 Å². The van der Waals surface area contributed by atoms with Crippen LogP contribution < -0.4 is 5.32 Å². The molecule has 0 aliphatic carbocycles. The van der Waals surface area contributed by atoms with Gasteiger partial charge in [0.25, 0.3) is 0 Å². The zero-order chi connectivity index (χ0) is 12.3. The van der Waals surface area contributed by atoms with E-state index in [0.29, 0.717) is 11.3 Å². The first kappa shape index (κ1) is 12.5. The van der Waals surface area contributed by atoms with Crippen molar-refractivity contribution in [1.29, 1.82) is 0 Å². The SMILES string of the molecule is Cc1ccc(NC(=O)OC(C)(C)C)cc1F. The molecule has 0 fully saturated rings.